The van der Waals surface area contributed by atoms with Gasteiger partial charge in [0.15, 0.2) is 0 Å². The summed E-state index contributed by atoms with van der Waals surface area (Å²) in [5, 5.41) is 12.9. The number of phenolic OH excluding ortho intramolecular Hbond substituents is 1. The van der Waals surface area contributed by atoms with Crippen LogP contribution < -0.4 is 5.32 Å². The quantitative estimate of drug-likeness (QED) is 0.758. The summed E-state index contributed by atoms with van der Waals surface area (Å²) in [6.07, 6.45) is 4.83. The molecule has 1 aliphatic rings. The van der Waals surface area contributed by atoms with Crippen LogP contribution in [0.25, 0.3) is 0 Å². The van der Waals surface area contributed by atoms with Crippen LogP contribution in [0.1, 0.15) is 31.7 Å². The maximum absolute atomic E-state index is 9.25. The highest BCUT2D eigenvalue weighted by molar-refractivity contribution is 5.25. The van der Waals surface area contributed by atoms with E-state index in [1.807, 2.05) is 12.1 Å². The molecule has 2 unspecified atom stereocenters. The molecule has 3 heteroatoms. The Morgan fingerprint density at radius 2 is 2.00 bits per heavy atom. The van der Waals surface area contributed by atoms with E-state index >= 15 is 0 Å². The van der Waals surface area contributed by atoms with Gasteiger partial charge in [0.25, 0.3) is 0 Å². The number of aromatic hydroxyl groups is 1. The van der Waals surface area contributed by atoms with Gasteiger partial charge in [0.05, 0.1) is 6.61 Å². The summed E-state index contributed by atoms with van der Waals surface area (Å²) < 4.78 is 5.29. The molecule has 0 radical (unpaired) electrons. The van der Waals surface area contributed by atoms with Crippen molar-refractivity contribution < 1.29 is 9.84 Å². The van der Waals surface area contributed by atoms with Crippen molar-refractivity contribution in [2.45, 2.75) is 44.7 Å². The average molecular weight is 263 g/mol. The Morgan fingerprint density at radius 1 is 1.32 bits per heavy atom. The topological polar surface area (TPSA) is 41.5 Å². The van der Waals surface area contributed by atoms with Gasteiger partial charge in [-0.25, -0.2) is 0 Å². The highest BCUT2D eigenvalue weighted by atomic mass is 16.5. The van der Waals surface area contributed by atoms with Gasteiger partial charge in [0.2, 0.25) is 0 Å². The predicted octanol–water partition coefficient (Wildman–Crippen LogP) is 2.73. The number of nitrogens with one attached hydrogen (secondary N) is 1. The smallest absolute Gasteiger partial charge is 0.115 e. The minimum absolute atomic E-state index is 0.337. The number of phenols is 1. The number of rotatable bonds is 8. The molecule has 0 amide bonds. The van der Waals surface area contributed by atoms with Crippen LogP contribution in [0.15, 0.2) is 24.3 Å². The Labute approximate surface area is 116 Å². The third-order valence-electron chi connectivity index (χ3n) is 3.84. The number of hydrogen-bond acceptors (Lipinski definition) is 3. The Kier molecular flexibility index (Phi) is 5.23. The minimum Gasteiger partial charge on any atom is -0.508 e. The summed E-state index contributed by atoms with van der Waals surface area (Å²) in [5.41, 5.74) is 1.28. The molecule has 2 N–H and O–H groups in total. The van der Waals surface area contributed by atoms with Crippen molar-refractivity contribution in [1.82, 2.24) is 5.32 Å². The molecule has 1 fully saturated rings. The molecule has 0 spiro atoms. The van der Waals surface area contributed by atoms with Gasteiger partial charge in [-0.3, -0.25) is 0 Å². The molecule has 0 saturated heterocycles. The molecule has 0 aromatic heterocycles. The molecular formula is C16H25NO2. The van der Waals surface area contributed by atoms with Crippen LogP contribution in [0, 0.1) is 5.92 Å². The summed E-state index contributed by atoms with van der Waals surface area (Å²) in [6, 6.07) is 8.51. The first-order valence-corrected chi connectivity index (χ1v) is 7.22. The lowest BCUT2D eigenvalue weighted by molar-refractivity contribution is 0.151. The van der Waals surface area contributed by atoms with Crippen molar-refractivity contribution in [3.05, 3.63) is 29.8 Å². The van der Waals surface area contributed by atoms with E-state index in [0.29, 0.717) is 17.8 Å². The van der Waals surface area contributed by atoms with Crippen LogP contribution in [-0.2, 0) is 11.2 Å². The van der Waals surface area contributed by atoms with Crippen molar-refractivity contribution >= 4 is 0 Å². The molecule has 1 aromatic carbocycles. The van der Waals surface area contributed by atoms with E-state index in [2.05, 4.69) is 12.2 Å². The summed E-state index contributed by atoms with van der Waals surface area (Å²) >= 11 is 0. The van der Waals surface area contributed by atoms with Gasteiger partial charge in [0, 0.05) is 19.2 Å². The molecule has 1 saturated carbocycles. The standard InChI is InChI=1S/C16H25NO2/c1-12(17-16(11-19-2)14-7-8-14)3-4-13-5-9-15(18)10-6-13/h5-6,9-10,12,14,16-18H,3-4,7-8,11H2,1-2H3. The van der Waals surface area contributed by atoms with Gasteiger partial charge < -0.3 is 15.2 Å². The van der Waals surface area contributed by atoms with E-state index < -0.39 is 0 Å². The zero-order valence-electron chi connectivity index (χ0n) is 11.9. The van der Waals surface area contributed by atoms with E-state index in [-0.39, 0.29) is 0 Å². The monoisotopic (exact) mass is 263 g/mol. The number of hydrogen-bond donors (Lipinski definition) is 2. The molecule has 0 aliphatic heterocycles. The van der Waals surface area contributed by atoms with E-state index in [1.54, 1.807) is 19.2 Å². The summed E-state index contributed by atoms with van der Waals surface area (Å²) in [5.74, 6) is 1.15. The third-order valence-corrected chi connectivity index (χ3v) is 3.84. The summed E-state index contributed by atoms with van der Waals surface area (Å²) in [6.45, 7) is 3.06. The fraction of sp³-hybridized carbons (Fsp3) is 0.625. The van der Waals surface area contributed by atoms with Crippen LogP contribution in [0.4, 0.5) is 0 Å². The number of ether oxygens (including phenoxy) is 1. The first-order valence-electron chi connectivity index (χ1n) is 7.22. The minimum atomic E-state index is 0.337. The third kappa shape index (κ3) is 4.84. The maximum atomic E-state index is 9.25. The Hall–Kier alpha value is -1.06. The molecule has 0 bridgehead atoms. The lowest BCUT2D eigenvalue weighted by atomic mass is 10.0. The van der Waals surface area contributed by atoms with Gasteiger partial charge in [-0.2, -0.15) is 0 Å². The average Bonchev–Trinajstić information content (AvgIpc) is 3.22. The molecule has 1 aliphatic carbocycles. The highest BCUT2D eigenvalue weighted by Gasteiger charge is 2.31. The zero-order chi connectivity index (χ0) is 13.7. The first kappa shape index (κ1) is 14.4. The molecule has 3 nitrogen and oxygen atoms in total. The van der Waals surface area contributed by atoms with Crippen LogP contribution in [0.2, 0.25) is 0 Å². The molecular weight excluding hydrogens is 238 g/mol. The fourth-order valence-corrected chi connectivity index (χ4v) is 2.49. The Bertz CT molecular complexity index is 373. The van der Waals surface area contributed by atoms with Crippen molar-refractivity contribution in [3.63, 3.8) is 0 Å². The van der Waals surface area contributed by atoms with Gasteiger partial charge in [-0.15, -0.1) is 0 Å². The SMILES string of the molecule is COCC(NC(C)CCc1ccc(O)cc1)C1CC1. The van der Waals surface area contributed by atoms with Crippen LogP contribution in [-0.4, -0.2) is 30.9 Å². The maximum Gasteiger partial charge on any atom is 0.115 e. The largest absolute Gasteiger partial charge is 0.508 e. The Balaban J connectivity index is 1.73. The van der Waals surface area contributed by atoms with Gasteiger partial charge in [-0.1, -0.05) is 12.1 Å². The lowest BCUT2D eigenvalue weighted by Gasteiger charge is -2.22. The number of benzene rings is 1. The summed E-state index contributed by atoms with van der Waals surface area (Å²) in [7, 11) is 1.78. The molecule has 106 valence electrons. The van der Waals surface area contributed by atoms with Crippen LogP contribution >= 0.6 is 0 Å². The summed E-state index contributed by atoms with van der Waals surface area (Å²) in [4.78, 5) is 0. The van der Waals surface area contributed by atoms with Crippen LogP contribution in [0.5, 0.6) is 5.75 Å². The van der Waals surface area contributed by atoms with Crippen molar-refractivity contribution in [2.75, 3.05) is 13.7 Å². The predicted molar refractivity (Wildman–Crippen MR) is 77.4 cm³/mol. The van der Waals surface area contributed by atoms with E-state index in [0.717, 1.165) is 25.4 Å². The van der Waals surface area contributed by atoms with E-state index in [4.69, 9.17) is 4.74 Å². The number of aryl methyl sites for hydroxylation is 1. The second-order valence-electron chi connectivity index (χ2n) is 5.67. The second kappa shape index (κ2) is 6.92. The molecule has 2 rings (SSSR count). The molecule has 19 heavy (non-hydrogen) atoms. The normalized spacial score (nSPS) is 18.2. The van der Waals surface area contributed by atoms with E-state index in [1.165, 1.54) is 18.4 Å². The Morgan fingerprint density at radius 3 is 2.58 bits per heavy atom. The second-order valence-corrected chi connectivity index (χ2v) is 5.67. The molecule has 0 heterocycles. The zero-order valence-corrected chi connectivity index (χ0v) is 11.9. The fourth-order valence-electron chi connectivity index (χ4n) is 2.49. The lowest BCUT2D eigenvalue weighted by Crippen LogP contribution is -2.41. The van der Waals surface area contributed by atoms with Gasteiger partial charge in [-0.05, 0) is 56.2 Å². The highest BCUT2D eigenvalue weighted by Crippen LogP contribution is 2.33. The van der Waals surface area contributed by atoms with Crippen molar-refractivity contribution in [3.8, 4) is 5.75 Å². The molecule has 1 aromatic rings. The van der Waals surface area contributed by atoms with Crippen molar-refractivity contribution in [1.29, 1.82) is 0 Å². The van der Waals surface area contributed by atoms with E-state index in [9.17, 15) is 5.11 Å². The first-order chi connectivity index (χ1) is 9.19. The number of methoxy groups -OCH3 is 1. The van der Waals surface area contributed by atoms with Crippen molar-refractivity contribution in [2.24, 2.45) is 5.92 Å². The van der Waals surface area contributed by atoms with Gasteiger partial charge >= 0.3 is 0 Å². The van der Waals surface area contributed by atoms with Gasteiger partial charge in [0.1, 0.15) is 5.75 Å². The molecule has 2 atom stereocenters. The van der Waals surface area contributed by atoms with Crippen LogP contribution in [0.3, 0.4) is 0 Å².